The zero-order valence-corrected chi connectivity index (χ0v) is 23.8. The van der Waals surface area contributed by atoms with Gasteiger partial charge in [0.2, 0.25) is 0 Å². The lowest BCUT2D eigenvalue weighted by molar-refractivity contribution is 0.0303. The van der Waals surface area contributed by atoms with Crippen LogP contribution in [0.25, 0.3) is 5.57 Å². The van der Waals surface area contributed by atoms with Gasteiger partial charge in [-0.25, -0.2) is 9.59 Å². The number of rotatable bonds is 15. The number of methoxy groups -OCH3 is 2. The van der Waals surface area contributed by atoms with Crippen molar-refractivity contribution in [1.29, 1.82) is 0 Å². The van der Waals surface area contributed by atoms with E-state index >= 15 is 0 Å². The van der Waals surface area contributed by atoms with E-state index in [0.717, 1.165) is 36.0 Å². The molecule has 0 amide bonds. The first-order valence-corrected chi connectivity index (χ1v) is 13.5. The van der Waals surface area contributed by atoms with Crippen LogP contribution in [0.15, 0.2) is 85.2 Å². The summed E-state index contributed by atoms with van der Waals surface area (Å²) in [5, 5.41) is 9.06. The molecular weight excluding hydrogens is 522 g/mol. The second-order valence-electron chi connectivity index (χ2n) is 9.24. The van der Waals surface area contributed by atoms with Crippen LogP contribution in [0.1, 0.15) is 70.6 Å². The predicted molar refractivity (Wildman–Crippen MR) is 157 cm³/mol. The van der Waals surface area contributed by atoms with Crippen LogP contribution in [0.3, 0.4) is 0 Å². The lowest BCUT2D eigenvalue weighted by Gasteiger charge is -2.20. The molecule has 0 aliphatic carbocycles. The number of allylic oxidation sites excluding steroid dienone is 2. The van der Waals surface area contributed by atoms with Crippen molar-refractivity contribution in [2.75, 3.05) is 27.4 Å². The van der Waals surface area contributed by atoms with Gasteiger partial charge in [-0.2, -0.15) is 0 Å². The first-order valence-electron chi connectivity index (χ1n) is 13.5. The van der Waals surface area contributed by atoms with E-state index in [1.54, 1.807) is 49.6 Å². The quantitative estimate of drug-likeness (QED) is 0.169. The van der Waals surface area contributed by atoms with Crippen molar-refractivity contribution in [3.63, 3.8) is 0 Å². The number of pyridine rings is 1. The Balaban J connectivity index is 2.04. The number of hydrogen-bond acceptors (Lipinski definition) is 8. The molecule has 8 nitrogen and oxygen atoms in total. The summed E-state index contributed by atoms with van der Waals surface area (Å²) in [7, 11) is 2.91. The number of aromatic nitrogens is 1. The van der Waals surface area contributed by atoms with E-state index in [1.807, 2.05) is 18.2 Å². The fraction of sp³-hybridized carbons (Fsp3) is 0.303. The van der Waals surface area contributed by atoms with Crippen molar-refractivity contribution in [3.05, 3.63) is 107 Å². The summed E-state index contributed by atoms with van der Waals surface area (Å²) in [5.41, 5.74) is 3.90. The highest BCUT2D eigenvalue weighted by atomic mass is 16.5. The molecule has 0 bridgehead atoms. The van der Waals surface area contributed by atoms with Gasteiger partial charge in [0.05, 0.1) is 32.0 Å². The Hall–Kier alpha value is -4.43. The van der Waals surface area contributed by atoms with Crippen LogP contribution >= 0.6 is 0 Å². The maximum Gasteiger partial charge on any atom is 0.338 e. The van der Waals surface area contributed by atoms with Crippen molar-refractivity contribution in [2.45, 2.75) is 38.7 Å². The summed E-state index contributed by atoms with van der Waals surface area (Å²) >= 11 is 0. The van der Waals surface area contributed by atoms with Gasteiger partial charge in [0, 0.05) is 24.4 Å². The Morgan fingerprint density at radius 1 is 1.00 bits per heavy atom. The van der Waals surface area contributed by atoms with E-state index < -0.39 is 18.0 Å². The summed E-state index contributed by atoms with van der Waals surface area (Å²) in [6, 6.07) is 15.5. The topological polar surface area (TPSA) is 104 Å². The number of ether oxygens (including phenoxy) is 4. The fourth-order valence-electron chi connectivity index (χ4n) is 4.24. The molecule has 2 aromatic carbocycles. The van der Waals surface area contributed by atoms with Gasteiger partial charge < -0.3 is 24.1 Å². The summed E-state index contributed by atoms with van der Waals surface area (Å²) in [4.78, 5) is 29.4. The normalized spacial score (nSPS) is 11.9. The number of hydrogen-bond donors (Lipinski definition) is 1. The number of carbonyl (C=O) groups is 2. The SMILES string of the molecule is C=C(CCCC)/C(=C/C[C@@H](OC(=O)c1ccncc1)c1ccc(OCCO)cc1)c1cc(C(=O)OC)ccc1OC. The third-order valence-corrected chi connectivity index (χ3v) is 6.44. The molecule has 0 fully saturated rings. The summed E-state index contributed by atoms with van der Waals surface area (Å²) in [6.45, 7) is 6.54. The molecule has 1 N–H and O–H groups in total. The number of nitrogens with zero attached hydrogens (tertiary/aromatic N) is 1. The second kappa shape index (κ2) is 16.0. The van der Waals surface area contributed by atoms with Gasteiger partial charge in [-0.15, -0.1) is 0 Å². The Kier molecular flexibility index (Phi) is 12.1. The maximum atomic E-state index is 13.1. The van der Waals surface area contributed by atoms with E-state index in [4.69, 9.17) is 24.1 Å². The minimum absolute atomic E-state index is 0.0932. The van der Waals surface area contributed by atoms with Crippen LogP contribution < -0.4 is 9.47 Å². The highest BCUT2D eigenvalue weighted by molar-refractivity contribution is 5.93. The zero-order chi connectivity index (χ0) is 29.6. The minimum atomic E-state index is -0.647. The molecule has 0 spiro atoms. The number of benzene rings is 2. The predicted octanol–water partition coefficient (Wildman–Crippen LogP) is 6.37. The molecule has 8 heteroatoms. The molecule has 0 saturated heterocycles. The van der Waals surface area contributed by atoms with Gasteiger partial charge in [-0.1, -0.05) is 38.1 Å². The molecule has 1 atom stereocenters. The zero-order valence-electron chi connectivity index (χ0n) is 23.8. The molecule has 216 valence electrons. The first kappa shape index (κ1) is 31.1. The highest BCUT2D eigenvalue weighted by Gasteiger charge is 2.21. The Morgan fingerprint density at radius 3 is 2.37 bits per heavy atom. The largest absolute Gasteiger partial charge is 0.496 e. The Bertz CT molecular complexity index is 1330. The molecule has 41 heavy (non-hydrogen) atoms. The lowest BCUT2D eigenvalue weighted by Crippen LogP contribution is -2.12. The number of unbranched alkanes of at least 4 members (excludes halogenated alkanes) is 1. The van der Waals surface area contributed by atoms with Crippen molar-refractivity contribution in [3.8, 4) is 11.5 Å². The van der Waals surface area contributed by atoms with E-state index in [0.29, 0.717) is 34.6 Å². The molecule has 3 rings (SSSR count). The maximum absolute atomic E-state index is 13.1. The number of aliphatic hydroxyl groups excluding tert-OH is 1. The van der Waals surface area contributed by atoms with Gasteiger partial charge in [0.1, 0.15) is 24.2 Å². The van der Waals surface area contributed by atoms with Gasteiger partial charge in [-0.05, 0) is 72.0 Å². The number of carbonyl (C=O) groups excluding carboxylic acids is 2. The highest BCUT2D eigenvalue weighted by Crippen LogP contribution is 2.36. The number of esters is 2. The molecule has 0 saturated carbocycles. The van der Waals surface area contributed by atoms with Gasteiger partial charge in [0.15, 0.2) is 0 Å². The third-order valence-electron chi connectivity index (χ3n) is 6.44. The van der Waals surface area contributed by atoms with Crippen LogP contribution in [0.2, 0.25) is 0 Å². The smallest absolute Gasteiger partial charge is 0.338 e. The van der Waals surface area contributed by atoms with Gasteiger partial charge in [0.25, 0.3) is 0 Å². The summed E-state index contributed by atoms with van der Waals surface area (Å²) < 4.78 is 22.1. The molecule has 0 aliphatic rings. The lowest BCUT2D eigenvalue weighted by atomic mass is 9.91. The van der Waals surface area contributed by atoms with Crippen LogP contribution in [0.4, 0.5) is 0 Å². The van der Waals surface area contributed by atoms with E-state index in [1.165, 1.54) is 19.5 Å². The second-order valence-corrected chi connectivity index (χ2v) is 9.24. The molecule has 1 heterocycles. The molecule has 0 aliphatic heterocycles. The molecule has 1 aromatic heterocycles. The van der Waals surface area contributed by atoms with Crippen molar-refractivity contribution < 1.29 is 33.6 Å². The Morgan fingerprint density at radius 2 is 1.73 bits per heavy atom. The van der Waals surface area contributed by atoms with Crippen LogP contribution in [-0.4, -0.2) is 49.5 Å². The summed E-state index contributed by atoms with van der Waals surface area (Å²) in [5.74, 6) is 0.232. The molecule has 0 unspecified atom stereocenters. The van der Waals surface area contributed by atoms with Gasteiger partial charge >= 0.3 is 11.9 Å². The Labute approximate surface area is 241 Å². The van der Waals surface area contributed by atoms with Gasteiger partial charge in [-0.3, -0.25) is 4.98 Å². The standard InChI is InChI=1S/C33H37NO7/c1-5-6-7-23(2)28(29-22-26(32(36)39-4)10-14-31(29)38-3)13-15-30(41-33(37)25-16-18-34-19-17-25)24-8-11-27(12-9-24)40-21-20-35/h8-14,16-19,22,30,35H,2,5-7,15,20-21H2,1,3-4H3/b28-13-/t30-/m1/s1. The van der Waals surface area contributed by atoms with E-state index in [-0.39, 0.29) is 13.2 Å². The van der Waals surface area contributed by atoms with E-state index in [9.17, 15) is 9.59 Å². The van der Waals surface area contributed by atoms with E-state index in [2.05, 4.69) is 18.5 Å². The van der Waals surface area contributed by atoms with Crippen LogP contribution in [0, 0.1) is 0 Å². The summed E-state index contributed by atoms with van der Waals surface area (Å²) in [6.07, 6.45) is 7.38. The van der Waals surface area contributed by atoms with Crippen molar-refractivity contribution >= 4 is 17.5 Å². The van der Waals surface area contributed by atoms with Crippen molar-refractivity contribution in [2.24, 2.45) is 0 Å². The molecule has 3 aromatic rings. The molecule has 0 radical (unpaired) electrons. The number of aliphatic hydroxyl groups is 1. The van der Waals surface area contributed by atoms with Crippen molar-refractivity contribution in [1.82, 2.24) is 4.98 Å². The molecular formula is C33H37NO7. The van der Waals surface area contributed by atoms with Crippen LogP contribution in [0.5, 0.6) is 11.5 Å². The third kappa shape index (κ3) is 8.78. The fourth-order valence-corrected chi connectivity index (χ4v) is 4.24. The average molecular weight is 560 g/mol. The van der Waals surface area contributed by atoms with Crippen LogP contribution in [-0.2, 0) is 9.47 Å². The first-order chi connectivity index (χ1) is 19.9. The monoisotopic (exact) mass is 559 g/mol. The minimum Gasteiger partial charge on any atom is -0.496 e. The average Bonchev–Trinajstić information content (AvgIpc) is 3.02.